The molecular weight excluding hydrogens is 341 g/mol. The number of benzene rings is 2. The molecule has 0 spiro atoms. The van der Waals surface area contributed by atoms with Crippen molar-refractivity contribution >= 4 is 17.2 Å². The van der Waals surface area contributed by atoms with Crippen molar-refractivity contribution in [3.8, 4) is 0 Å². The van der Waals surface area contributed by atoms with E-state index in [1.165, 1.54) is 24.3 Å². The molecule has 9 heteroatoms. The molecule has 0 aromatic heterocycles. The fraction of sp³-hybridized carbons (Fsp3) is 0.0769. The summed E-state index contributed by atoms with van der Waals surface area (Å²) in [5, 5.41) is 0. The van der Waals surface area contributed by atoms with Gasteiger partial charge in [0.1, 0.15) is 0 Å². The van der Waals surface area contributed by atoms with Crippen molar-refractivity contribution in [1.29, 1.82) is 0 Å². The molecule has 0 aliphatic heterocycles. The Morgan fingerprint density at radius 2 is 1.27 bits per heavy atom. The Hall–Kier alpha value is -1.71. The molecule has 0 saturated heterocycles. The maximum atomic E-state index is 13.5. The van der Waals surface area contributed by atoms with E-state index in [0.29, 0.717) is 12.1 Å². The molecule has 0 heterocycles. The van der Waals surface area contributed by atoms with Crippen molar-refractivity contribution in [2.24, 2.45) is 0 Å². The van der Waals surface area contributed by atoms with Crippen LogP contribution in [0.1, 0.15) is 0 Å². The minimum absolute atomic E-state index is 0.669. The zero-order chi connectivity index (χ0) is 16.7. The number of alkyl halides is 3. The van der Waals surface area contributed by atoms with Gasteiger partial charge >= 0.3 is 5.51 Å². The molecule has 2 aromatic carbocycles. The van der Waals surface area contributed by atoms with Crippen LogP contribution >= 0.6 is 0 Å². The second kappa shape index (κ2) is 4.90. The van der Waals surface area contributed by atoms with Crippen molar-refractivity contribution in [2.75, 3.05) is 0 Å². The first kappa shape index (κ1) is 16.7. The molecule has 4 nitrogen and oxygen atoms in total. The van der Waals surface area contributed by atoms with Crippen molar-refractivity contribution in [2.45, 2.75) is 15.3 Å². The zero-order valence-electron chi connectivity index (χ0n) is 10.9. The van der Waals surface area contributed by atoms with Gasteiger partial charge in [0, 0.05) is 8.38 Å². The van der Waals surface area contributed by atoms with Crippen LogP contribution < -0.4 is 0 Å². The second-order valence-corrected chi connectivity index (χ2v) is 11.5. The Labute approximate surface area is 124 Å². The number of hydrogen-bond donors (Lipinski definition) is 1. The summed E-state index contributed by atoms with van der Waals surface area (Å²) in [7, 11) is -12.9. The lowest BCUT2D eigenvalue weighted by molar-refractivity contribution is -0.0509. The molecule has 2 rings (SSSR count). The molecule has 1 N–H and O–H groups in total. The molecule has 2 aromatic rings. The predicted octanol–water partition coefficient (Wildman–Crippen LogP) is 3.25. The Bertz CT molecular complexity index is 846. The van der Waals surface area contributed by atoms with Gasteiger partial charge in [-0.3, -0.25) is 4.55 Å². The first-order valence-corrected chi connectivity index (χ1v) is 9.77. The highest BCUT2D eigenvalue weighted by atomic mass is 33.2. The molecule has 0 radical (unpaired) electrons. The van der Waals surface area contributed by atoms with Crippen molar-refractivity contribution in [3.63, 3.8) is 0 Å². The summed E-state index contributed by atoms with van der Waals surface area (Å²) < 4.78 is 87.9. The fourth-order valence-corrected chi connectivity index (χ4v) is 7.31. The highest BCUT2D eigenvalue weighted by Crippen LogP contribution is 2.54. The molecule has 0 amide bonds. The van der Waals surface area contributed by atoms with E-state index in [4.69, 9.17) is 0 Å². The average Bonchev–Trinajstić information content (AvgIpc) is 2.48. The second-order valence-electron chi connectivity index (χ2n) is 4.36. The highest BCUT2D eigenvalue weighted by Gasteiger charge is 2.65. The normalized spacial score (nSPS) is 15.0. The van der Waals surface area contributed by atoms with Gasteiger partial charge in [0.15, 0.2) is 0 Å². The summed E-state index contributed by atoms with van der Waals surface area (Å²) in [4.78, 5) is -2.09. The van der Waals surface area contributed by atoms with Gasteiger partial charge in [-0.1, -0.05) is 36.4 Å². The van der Waals surface area contributed by atoms with E-state index in [9.17, 15) is 30.4 Å². The van der Waals surface area contributed by atoms with Crippen LogP contribution in [0.4, 0.5) is 13.2 Å². The van der Waals surface area contributed by atoms with E-state index in [2.05, 4.69) is 0 Å². The molecule has 0 unspecified atom stereocenters. The van der Waals surface area contributed by atoms with Gasteiger partial charge < -0.3 is 0 Å². The summed E-state index contributed by atoms with van der Waals surface area (Å²) in [5.74, 6) is 0. The molecule has 0 aliphatic rings. The Kier molecular flexibility index (Phi) is 3.71. The first-order chi connectivity index (χ1) is 10.0. The minimum atomic E-state index is -7.26. The van der Waals surface area contributed by atoms with Crippen LogP contribution in [0.3, 0.4) is 0 Å². The van der Waals surface area contributed by atoms with E-state index >= 15 is 0 Å². The van der Waals surface area contributed by atoms with Gasteiger partial charge in [-0.25, -0.2) is 8.42 Å². The highest BCUT2D eigenvalue weighted by molar-refractivity contribution is 8.79. The quantitative estimate of drug-likeness (QED) is 0.861. The third-order valence-corrected chi connectivity index (χ3v) is 10.8. The molecule has 0 atom stereocenters. The molecular formula is C13H11F3O4S2. The fourth-order valence-electron chi connectivity index (χ4n) is 1.81. The summed E-state index contributed by atoms with van der Waals surface area (Å²) in [6.07, 6.45) is 0. The number of hydrogen-bond acceptors (Lipinski definition) is 3. The maximum absolute atomic E-state index is 13.5. The van der Waals surface area contributed by atoms with Crippen LogP contribution in [0.15, 0.2) is 70.5 Å². The van der Waals surface area contributed by atoms with Crippen LogP contribution in [-0.4, -0.2) is 22.7 Å². The summed E-state index contributed by atoms with van der Waals surface area (Å²) >= 11 is 0. The topological polar surface area (TPSA) is 71.4 Å². The maximum Gasteiger partial charge on any atom is 0.509 e. The van der Waals surface area contributed by atoms with Crippen molar-refractivity contribution < 1.29 is 30.4 Å². The molecule has 0 bridgehead atoms. The SMILES string of the molecule is O=S(=O)(c1ccccc1)S(=O)(O)(c1ccccc1)C(F)(F)F. The van der Waals surface area contributed by atoms with Crippen LogP contribution in [0.2, 0.25) is 0 Å². The van der Waals surface area contributed by atoms with Crippen molar-refractivity contribution in [1.82, 2.24) is 0 Å². The van der Waals surface area contributed by atoms with Gasteiger partial charge in [0.05, 0.1) is 9.79 Å². The molecule has 22 heavy (non-hydrogen) atoms. The smallest absolute Gasteiger partial charge is 0.280 e. The van der Waals surface area contributed by atoms with Crippen LogP contribution in [-0.2, 0) is 17.2 Å². The zero-order valence-corrected chi connectivity index (χ0v) is 12.5. The lowest BCUT2D eigenvalue weighted by Gasteiger charge is -2.42. The van der Waals surface area contributed by atoms with Crippen LogP contribution in [0.5, 0.6) is 0 Å². The van der Waals surface area contributed by atoms with Crippen LogP contribution in [0.25, 0.3) is 0 Å². The Morgan fingerprint density at radius 1 is 0.864 bits per heavy atom. The minimum Gasteiger partial charge on any atom is -0.280 e. The molecule has 120 valence electrons. The standard InChI is InChI=1S/C13H11F3O4S2/c14-13(15,16)22(19,20,12-9-5-2-6-10-12)21(17,18)11-7-3-1-4-8-11/h1-10H,(H,19,20). The van der Waals surface area contributed by atoms with Gasteiger partial charge in [-0.2, -0.15) is 17.4 Å². The van der Waals surface area contributed by atoms with Crippen LogP contribution in [0, 0.1) is 0 Å². The van der Waals surface area contributed by atoms with E-state index < -0.39 is 32.5 Å². The van der Waals surface area contributed by atoms with E-state index in [1.54, 1.807) is 0 Å². The summed E-state index contributed by atoms with van der Waals surface area (Å²) in [5.41, 5.74) is -5.90. The lowest BCUT2D eigenvalue weighted by atomic mass is 10.4. The molecule has 0 aliphatic carbocycles. The van der Waals surface area contributed by atoms with Gasteiger partial charge in [-0.15, -0.1) is 0 Å². The van der Waals surface area contributed by atoms with Gasteiger partial charge in [-0.05, 0) is 24.3 Å². The van der Waals surface area contributed by atoms with Crippen molar-refractivity contribution in [3.05, 3.63) is 60.7 Å². The van der Waals surface area contributed by atoms with E-state index in [-0.39, 0.29) is 0 Å². The predicted molar refractivity (Wildman–Crippen MR) is 75.2 cm³/mol. The summed E-state index contributed by atoms with van der Waals surface area (Å²) in [6, 6.07) is 10.2. The van der Waals surface area contributed by atoms with Gasteiger partial charge in [0.2, 0.25) is 0 Å². The average molecular weight is 352 g/mol. The third kappa shape index (κ3) is 2.00. The molecule has 0 fully saturated rings. The summed E-state index contributed by atoms with van der Waals surface area (Å²) in [6.45, 7) is 0. The number of halogens is 3. The monoisotopic (exact) mass is 352 g/mol. The van der Waals surface area contributed by atoms with Gasteiger partial charge in [0.25, 0.3) is 8.87 Å². The number of rotatable bonds is 3. The Balaban J connectivity index is 2.93. The van der Waals surface area contributed by atoms with E-state index in [1.807, 2.05) is 0 Å². The first-order valence-electron chi connectivity index (χ1n) is 5.85. The molecule has 0 saturated carbocycles. The largest absolute Gasteiger partial charge is 0.509 e. The lowest BCUT2D eigenvalue weighted by Crippen LogP contribution is -2.53. The third-order valence-electron chi connectivity index (χ3n) is 3.01. The van der Waals surface area contributed by atoms with E-state index in [0.717, 1.165) is 24.3 Å². The Morgan fingerprint density at radius 3 is 1.68 bits per heavy atom.